The minimum atomic E-state index is -1.18. The van der Waals surface area contributed by atoms with Crippen LogP contribution in [0.15, 0.2) is 29.4 Å². The fourth-order valence-corrected chi connectivity index (χ4v) is 4.23. The van der Waals surface area contributed by atoms with Gasteiger partial charge >= 0.3 is 0 Å². The highest BCUT2D eigenvalue weighted by molar-refractivity contribution is 6.76. The van der Waals surface area contributed by atoms with Crippen molar-refractivity contribution in [2.75, 3.05) is 43.3 Å². The maximum atomic E-state index is 14.9. The number of nitrogens with zero attached hydrogens (tertiary/aromatic N) is 3. The lowest BCUT2D eigenvalue weighted by Gasteiger charge is -2.28. The van der Waals surface area contributed by atoms with E-state index in [1.807, 2.05) is 32.6 Å². The third-order valence-corrected chi connectivity index (χ3v) is 7.47. The summed E-state index contributed by atoms with van der Waals surface area (Å²) in [6.07, 6.45) is 1.56. The van der Waals surface area contributed by atoms with Crippen molar-refractivity contribution in [2.45, 2.75) is 53.4 Å². The van der Waals surface area contributed by atoms with Crippen molar-refractivity contribution in [3.05, 3.63) is 41.6 Å². The summed E-state index contributed by atoms with van der Waals surface area (Å²) < 4.78 is 47.0. The predicted molar refractivity (Wildman–Crippen MR) is 143 cm³/mol. The van der Waals surface area contributed by atoms with E-state index >= 15 is 0 Å². The van der Waals surface area contributed by atoms with Crippen LogP contribution >= 0.6 is 0 Å². The van der Waals surface area contributed by atoms with Crippen molar-refractivity contribution in [1.82, 2.24) is 4.98 Å². The Morgan fingerprint density at radius 1 is 1.19 bits per heavy atom. The molecule has 0 bridgehead atoms. The van der Waals surface area contributed by atoms with Gasteiger partial charge in [-0.1, -0.05) is 33.5 Å². The van der Waals surface area contributed by atoms with Crippen molar-refractivity contribution in [1.29, 1.82) is 0 Å². The number of ether oxygens (including phenoxy) is 3. The summed E-state index contributed by atoms with van der Waals surface area (Å²) >= 11 is 0. The molecule has 198 valence electrons. The van der Waals surface area contributed by atoms with E-state index in [0.29, 0.717) is 50.2 Å². The zero-order chi connectivity index (χ0) is 26.5. The number of benzene rings is 1. The zero-order valence-corrected chi connectivity index (χ0v) is 23.4. The van der Waals surface area contributed by atoms with Crippen molar-refractivity contribution >= 4 is 25.6 Å². The largest absolute Gasteiger partial charge is 0.464 e. The monoisotopic (exact) mass is 520 g/mol. The summed E-state index contributed by atoms with van der Waals surface area (Å²) in [5.41, 5.74) is 0.783. The lowest BCUT2D eigenvalue weighted by molar-refractivity contribution is 0.146. The molecule has 0 atom stereocenters. The SMILES string of the molecule is CCN(COCC[Si](C)(C)C)c1nccc(Oc2c(F)cc(NC3=NCC(C)(C)CO3)cc2F)c1C. The molecule has 1 aromatic heterocycles. The van der Waals surface area contributed by atoms with Crippen molar-refractivity contribution in [3.63, 3.8) is 0 Å². The van der Waals surface area contributed by atoms with E-state index in [0.717, 1.165) is 18.2 Å². The molecule has 7 nitrogen and oxygen atoms in total. The van der Waals surface area contributed by atoms with Crippen molar-refractivity contribution < 1.29 is 23.0 Å². The van der Waals surface area contributed by atoms with Gasteiger partial charge in [0.2, 0.25) is 0 Å². The van der Waals surface area contributed by atoms with Gasteiger partial charge in [0.15, 0.2) is 17.4 Å². The minimum Gasteiger partial charge on any atom is -0.464 e. The Labute approximate surface area is 213 Å². The lowest BCUT2D eigenvalue weighted by atomic mass is 9.95. The quantitative estimate of drug-likeness (QED) is 0.221. The first-order chi connectivity index (χ1) is 16.9. The standard InChI is InChI=1S/C26H38F2N4O3Si/c1-8-32(17-33-11-12-36(5,6)7)24-18(2)22(9-10-29-24)35-23-20(27)13-19(14-21(23)28)31-25-30-15-26(3,4)16-34-25/h9-10,13-14H,8,11-12,15-17H2,1-7H3,(H,30,31). The molecule has 1 aliphatic heterocycles. The van der Waals surface area contributed by atoms with E-state index in [1.165, 1.54) is 0 Å². The van der Waals surface area contributed by atoms with Crippen molar-refractivity contribution in [3.8, 4) is 11.5 Å². The second-order valence-electron chi connectivity index (χ2n) is 11.0. The van der Waals surface area contributed by atoms with Gasteiger partial charge in [0, 0.05) is 56.2 Å². The Hall–Kier alpha value is -2.72. The molecule has 3 rings (SSSR count). The highest BCUT2D eigenvalue weighted by Crippen LogP contribution is 2.34. The number of amidine groups is 1. The molecule has 0 fully saturated rings. The average molecular weight is 521 g/mol. The third-order valence-electron chi connectivity index (χ3n) is 5.76. The Morgan fingerprint density at radius 3 is 2.47 bits per heavy atom. The fraction of sp³-hybridized carbons (Fsp3) is 0.538. The number of aromatic nitrogens is 1. The smallest absolute Gasteiger partial charge is 0.289 e. The van der Waals surface area contributed by atoms with Gasteiger partial charge in [0.05, 0.1) is 13.2 Å². The molecule has 1 N–H and O–H groups in total. The number of hydrogen-bond donors (Lipinski definition) is 1. The first kappa shape index (κ1) is 27.9. The number of nitrogens with one attached hydrogen (secondary N) is 1. The van der Waals surface area contributed by atoms with Gasteiger partial charge in [-0.05, 0) is 26.0 Å². The first-order valence-electron chi connectivity index (χ1n) is 12.3. The molecule has 0 unspecified atom stereocenters. The molecule has 2 heterocycles. The average Bonchev–Trinajstić information content (AvgIpc) is 2.78. The number of hydrogen-bond acceptors (Lipinski definition) is 7. The summed E-state index contributed by atoms with van der Waals surface area (Å²) in [5, 5.41) is 2.83. The van der Waals surface area contributed by atoms with E-state index in [2.05, 4.69) is 34.9 Å². The Morgan fingerprint density at radius 2 is 1.89 bits per heavy atom. The molecule has 0 radical (unpaired) electrons. The zero-order valence-electron chi connectivity index (χ0n) is 22.4. The first-order valence-corrected chi connectivity index (χ1v) is 16.0. The number of pyridine rings is 1. The molecular weight excluding hydrogens is 482 g/mol. The van der Waals surface area contributed by atoms with Gasteiger partial charge < -0.3 is 24.4 Å². The minimum absolute atomic E-state index is 0.0753. The van der Waals surface area contributed by atoms with Crippen LogP contribution in [0.1, 0.15) is 26.3 Å². The van der Waals surface area contributed by atoms with E-state index < -0.39 is 25.5 Å². The third kappa shape index (κ3) is 7.64. The molecule has 10 heteroatoms. The molecule has 0 saturated heterocycles. The van der Waals surface area contributed by atoms with Gasteiger partial charge in [-0.2, -0.15) is 0 Å². The number of rotatable bonds is 10. The molecule has 1 aliphatic rings. The van der Waals surface area contributed by atoms with E-state index in [4.69, 9.17) is 14.2 Å². The summed E-state index contributed by atoms with van der Waals surface area (Å²) in [6, 6.07) is 5.22. The highest BCUT2D eigenvalue weighted by atomic mass is 28.3. The summed E-state index contributed by atoms with van der Waals surface area (Å²) in [4.78, 5) is 10.7. The van der Waals surface area contributed by atoms with Gasteiger partial charge in [-0.15, -0.1) is 0 Å². The van der Waals surface area contributed by atoms with Gasteiger partial charge in [-0.3, -0.25) is 0 Å². The molecule has 2 aromatic rings. The fourth-order valence-electron chi connectivity index (χ4n) is 3.47. The molecule has 36 heavy (non-hydrogen) atoms. The van der Waals surface area contributed by atoms with E-state index in [9.17, 15) is 8.78 Å². The van der Waals surface area contributed by atoms with Crippen LogP contribution in [0.4, 0.5) is 20.3 Å². The number of aliphatic imine (C=N–C) groups is 1. The summed E-state index contributed by atoms with van der Waals surface area (Å²) in [5.74, 6) is -1.19. The van der Waals surface area contributed by atoms with Crippen molar-refractivity contribution in [2.24, 2.45) is 10.4 Å². The molecule has 1 aromatic carbocycles. The predicted octanol–water partition coefficient (Wildman–Crippen LogP) is 6.42. The molecule has 0 saturated carbocycles. The van der Waals surface area contributed by atoms with Crippen LogP contribution in [-0.4, -0.2) is 52.1 Å². The summed E-state index contributed by atoms with van der Waals surface area (Å²) in [6.45, 7) is 17.6. The Bertz CT molecular complexity index is 1070. The Balaban J connectivity index is 1.72. The Kier molecular flexibility index (Phi) is 8.94. The highest BCUT2D eigenvalue weighted by Gasteiger charge is 2.25. The van der Waals surface area contributed by atoms with Crippen LogP contribution in [0.5, 0.6) is 11.5 Å². The molecular formula is C26H38F2N4O3Si. The van der Waals surface area contributed by atoms with Crippen LogP contribution in [0, 0.1) is 24.0 Å². The molecule has 0 spiro atoms. The van der Waals surface area contributed by atoms with Crippen LogP contribution in [0.25, 0.3) is 0 Å². The van der Waals surface area contributed by atoms with E-state index in [-0.39, 0.29) is 17.1 Å². The van der Waals surface area contributed by atoms with Crippen LogP contribution in [-0.2, 0) is 9.47 Å². The van der Waals surface area contributed by atoms with Gasteiger partial charge in [0.25, 0.3) is 6.02 Å². The maximum Gasteiger partial charge on any atom is 0.289 e. The molecule has 0 amide bonds. The topological polar surface area (TPSA) is 68.2 Å². The normalized spacial score (nSPS) is 15.2. The lowest BCUT2D eigenvalue weighted by Crippen LogP contribution is -2.33. The number of anilines is 2. The second-order valence-corrected chi connectivity index (χ2v) is 16.7. The van der Waals surface area contributed by atoms with Gasteiger partial charge in [-0.25, -0.2) is 18.8 Å². The van der Waals surface area contributed by atoms with E-state index in [1.54, 1.807) is 12.3 Å². The molecule has 0 aliphatic carbocycles. The van der Waals surface area contributed by atoms with Crippen LogP contribution in [0.2, 0.25) is 25.7 Å². The maximum absolute atomic E-state index is 14.9. The second kappa shape index (κ2) is 11.6. The number of halogens is 2. The van der Waals surface area contributed by atoms with Crippen LogP contribution in [0.3, 0.4) is 0 Å². The summed E-state index contributed by atoms with van der Waals surface area (Å²) in [7, 11) is -1.18. The van der Waals surface area contributed by atoms with Crippen LogP contribution < -0.4 is 15.0 Å². The van der Waals surface area contributed by atoms with Gasteiger partial charge in [0.1, 0.15) is 18.3 Å².